The van der Waals surface area contributed by atoms with E-state index in [1.807, 2.05) is 31.2 Å². The second-order valence-electron chi connectivity index (χ2n) is 5.34. The van der Waals surface area contributed by atoms with Crippen molar-refractivity contribution in [3.05, 3.63) is 58.7 Å². The molecular formula is C18H17ClN2O2. The third kappa shape index (κ3) is 3.17. The largest absolute Gasteiger partial charge is 0.497 e. The molecule has 2 aromatic carbocycles. The monoisotopic (exact) mass is 328 g/mol. The van der Waals surface area contributed by atoms with Gasteiger partial charge in [-0.25, -0.2) is 0 Å². The number of aryl methyl sites for hydroxylation is 1. The van der Waals surface area contributed by atoms with Gasteiger partial charge in [0.05, 0.1) is 24.2 Å². The van der Waals surface area contributed by atoms with Crippen molar-refractivity contribution in [2.45, 2.75) is 13.3 Å². The van der Waals surface area contributed by atoms with E-state index in [0.29, 0.717) is 16.5 Å². The lowest BCUT2D eigenvalue weighted by Crippen LogP contribution is -2.15. The minimum Gasteiger partial charge on any atom is -0.497 e. The molecule has 1 heterocycles. The van der Waals surface area contributed by atoms with Gasteiger partial charge < -0.3 is 15.0 Å². The molecule has 23 heavy (non-hydrogen) atoms. The average molecular weight is 329 g/mol. The van der Waals surface area contributed by atoms with Gasteiger partial charge >= 0.3 is 0 Å². The van der Waals surface area contributed by atoms with E-state index >= 15 is 0 Å². The fourth-order valence-electron chi connectivity index (χ4n) is 2.64. The number of methoxy groups -OCH3 is 1. The number of carbonyl (C=O) groups excluding carboxylic acids is 1. The van der Waals surface area contributed by atoms with Gasteiger partial charge in [0.25, 0.3) is 0 Å². The summed E-state index contributed by atoms with van der Waals surface area (Å²) in [5.41, 5.74) is 3.62. The molecule has 5 heteroatoms. The second kappa shape index (κ2) is 6.34. The van der Waals surface area contributed by atoms with Crippen LogP contribution in [0.2, 0.25) is 5.02 Å². The number of aromatic amines is 1. The first-order valence-electron chi connectivity index (χ1n) is 7.28. The van der Waals surface area contributed by atoms with Gasteiger partial charge in [-0.05, 0) is 30.7 Å². The Labute approximate surface area is 139 Å². The number of H-pyrrole nitrogens is 1. The van der Waals surface area contributed by atoms with E-state index in [2.05, 4.69) is 10.3 Å². The van der Waals surface area contributed by atoms with Gasteiger partial charge in [-0.3, -0.25) is 4.79 Å². The van der Waals surface area contributed by atoms with Crippen LogP contribution in [0.1, 0.15) is 11.3 Å². The standard InChI is InChI=1S/C18H17ClN2O2/c1-11-14(13-5-3-4-6-16(13)20-11)10-18(22)21-17-8-7-12(23-2)9-15(17)19/h3-9,20H,10H2,1-2H3,(H,21,22). The number of hydrogen-bond acceptors (Lipinski definition) is 2. The Balaban J connectivity index is 1.80. The van der Waals surface area contributed by atoms with Crippen LogP contribution in [0.3, 0.4) is 0 Å². The van der Waals surface area contributed by atoms with Crippen LogP contribution >= 0.6 is 11.6 Å². The third-order valence-corrected chi connectivity index (χ3v) is 4.13. The minimum absolute atomic E-state index is 0.107. The van der Waals surface area contributed by atoms with E-state index in [1.54, 1.807) is 25.3 Å². The van der Waals surface area contributed by atoms with E-state index in [-0.39, 0.29) is 12.3 Å². The van der Waals surface area contributed by atoms with Gasteiger partial charge in [-0.15, -0.1) is 0 Å². The van der Waals surface area contributed by atoms with E-state index in [0.717, 1.165) is 22.2 Å². The Kier molecular flexibility index (Phi) is 4.26. The van der Waals surface area contributed by atoms with E-state index < -0.39 is 0 Å². The molecule has 1 aromatic heterocycles. The summed E-state index contributed by atoms with van der Waals surface area (Å²) in [6.45, 7) is 1.98. The number of ether oxygens (including phenoxy) is 1. The first kappa shape index (κ1) is 15.4. The Morgan fingerprint density at radius 1 is 1.26 bits per heavy atom. The van der Waals surface area contributed by atoms with Gasteiger partial charge in [0.15, 0.2) is 0 Å². The van der Waals surface area contributed by atoms with Gasteiger partial charge in [0.2, 0.25) is 5.91 Å². The molecular weight excluding hydrogens is 312 g/mol. The fraction of sp³-hybridized carbons (Fsp3) is 0.167. The van der Waals surface area contributed by atoms with Crippen LogP contribution in [0.15, 0.2) is 42.5 Å². The van der Waals surface area contributed by atoms with Gasteiger partial charge in [-0.2, -0.15) is 0 Å². The molecule has 0 aliphatic carbocycles. The number of carbonyl (C=O) groups is 1. The van der Waals surface area contributed by atoms with Crippen molar-refractivity contribution >= 4 is 34.1 Å². The number of nitrogens with one attached hydrogen (secondary N) is 2. The average Bonchev–Trinajstić information content (AvgIpc) is 2.85. The van der Waals surface area contributed by atoms with Gasteiger partial charge in [0, 0.05) is 22.7 Å². The number of amides is 1. The van der Waals surface area contributed by atoms with Crippen molar-refractivity contribution in [3.8, 4) is 5.75 Å². The molecule has 0 aliphatic heterocycles. The second-order valence-corrected chi connectivity index (χ2v) is 5.75. The molecule has 118 valence electrons. The van der Waals surface area contributed by atoms with Crippen LogP contribution in [-0.2, 0) is 11.2 Å². The zero-order valence-corrected chi connectivity index (χ0v) is 13.7. The van der Waals surface area contributed by atoms with Crippen LogP contribution in [0.25, 0.3) is 10.9 Å². The van der Waals surface area contributed by atoms with Crippen LogP contribution in [0.4, 0.5) is 5.69 Å². The normalized spacial score (nSPS) is 10.7. The Morgan fingerprint density at radius 2 is 2.04 bits per heavy atom. The molecule has 0 bridgehead atoms. The highest BCUT2D eigenvalue weighted by molar-refractivity contribution is 6.33. The van der Waals surface area contributed by atoms with Crippen LogP contribution in [0, 0.1) is 6.92 Å². The Bertz CT molecular complexity index is 871. The van der Waals surface area contributed by atoms with Crippen molar-refractivity contribution in [1.29, 1.82) is 0 Å². The number of rotatable bonds is 4. The van der Waals surface area contributed by atoms with E-state index in [9.17, 15) is 4.79 Å². The Hall–Kier alpha value is -2.46. The molecule has 0 atom stereocenters. The zero-order chi connectivity index (χ0) is 16.4. The molecule has 4 nitrogen and oxygen atoms in total. The predicted molar refractivity (Wildman–Crippen MR) is 93.4 cm³/mol. The summed E-state index contributed by atoms with van der Waals surface area (Å²) in [4.78, 5) is 15.7. The van der Waals surface area contributed by atoms with Crippen molar-refractivity contribution in [2.24, 2.45) is 0 Å². The van der Waals surface area contributed by atoms with Crippen molar-refractivity contribution in [1.82, 2.24) is 4.98 Å². The molecule has 3 aromatic rings. The van der Waals surface area contributed by atoms with E-state index in [1.165, 1.54) is 0 Å². The number of halogens is 1. The molecule has 0 saturated heterocycles. The summed E-state index contributed by atoms with van der Waals surface area (Å²) in [7, 11) is 1.57. The lowest BCUT2D eigenvalue weighted by molar-refractivity contribution is -0.115. The van der Waals surface area contributed by atoms with Crippen molar-refractivity contribution in [3.63, 3.8) is 0 Å². The number of hydrogen-bond donors (Lipinski definition) is 2. The summed E-state index contributed by atoms with van der Waals surface area (Å²) in [5.74, 6) is 0.547. The van der Waals surface area contributed by atoms with Crippen LogP contribution < -0.4 is 10.1 Å². The first-order valence-corrected chi connectivity index (χ1v) is 7.66. The molecule has 0 radical (unpaired) electrons. The molecule has 0 fully saturated rings. The van der Waals surface area contributed by atoms with Gasteiger partial charge in [-0.1, -0.05) is 29.8 Å². The SMILES string of the molecule is COc1ccc(NC(=O)Cc2c(C)[nH]c3ccccc23)c(Cl)c1. The first-order chi connectivity index (χ1) is 11.1. The fourth-order valence-corrected chi connectivity index (χ4v) is 2.86. The van der Waals surface area contributed by atoms with Crippen LogP contribution in [-0.4, -0.2) is 18.0 Å². The summed E-state index contributed by atoms with van der Waals surface area (Å²) in [6.07, 6.45) is 0.290. The maximum Gasteiger partial charge on any atom is 0.228 e. The molecule has 0 aliphatic rings. The maximum atomic E-state index is 12.4. The molecule has 2 N–H and O–H groups in total. The summed E-state index contributed by atoms with van der Waals surface area (Å²) < 4.78 is 5.10. The quantitative estimate of drug-likeness (QED) is 0.749. The molecule has 0 saturated carbocycles. The highest BCUT2D eigenvalue weighted by Gasteiger charge is 2.13. The summed E-state index contributed by atoms with van der Waals surface area (Å²) in [5, 5.41) is 4.37. The molecule has 1 amide bonds. The topological polar surface area (TPSA) is 54.1 Å². The Morgan fingerprint density at radius 3 is 2.78 bits per heavy atom. The molecule has 0 spiro atoms. The number of para-hydroxylation sites is 1. The molecule has 0 unspecified atom stereocenters. The summed E-state index contributed by atoms with van der Waals surface area (Å²) >= 11 is 6.16. The maximum absolute atomic E-state index is 12.4. The molecule has 3 rings (SSSR count). The zero-order valence-electron chi connectivity index (χ0n) is 12.9. The minimum atomic E-state index is -0.107. The number of benzene rings is 2. The predicted octanol–water partition coefficient (Wildman–Crippen LogP) is 4.32. The smallest absolute Gasteiger partial charge is 0.228 e. The lowest BCUT2D eigenvalue weighted by Gasteiger charge is -2.09. The number of aromatic nitrogens is 1. The third-order valence-electron chi connectivity index (χ3n) is 3.81. The van der Waals surface area contributed by atoms with Crippen molar-refractivity contribution < 1.29 is 9.53 Å². The van der Waals surface area contributed by atoms with Gasteiger partial charge in [0.1, 0.15) is 5.75 Å². The number of fused-ring (bicyclic) bond motifs is 1. The summed E-state index contributed by atoms with van der Waals surface area (Å²) in [6, 6.07) is 13.1. The van der Waals surface area contributed by atoms with Crippen molar-refractivity contribution in [2.75, 3.05) is 12.4 Å². The van der Waals surface area contributed by atoms with Crippen LogP contribution in [0.5, 0.6) is 5.75 Å². The highest BCUT2D eigenvalue weighted by atomic mass is 35.5. The lowest BCUT2D eigenvalue weighted by atomic mass is 10.1. The van der Waals surface area contributed by atoms with E-state index in [4.69, 9.17) is 16.3 Å². The highest BCUT2D eigenvalue weighted by Crippen LogP contribution is 2.27. The number of anilines is 1.